The fourth-order valence-electron chi connectivity index (χ4n) is 1.82. The summed E-state index contributed by atoms with van der Waals surface area (Å²) in [6, 6.07) is 14.6. The number of anilines is 1. The van der Waals surface area contributed by atoms with Gasteiger partial charge in [-0.1, -0.05) is 30.3 Å². The summed E-state index contributed by atoms with van der Waals surface area (Å²) in [6.07, 6.45) is -3.86. The highest BCUT2D eigenvalue weighted by molar-refractivity contribution is 5.95. The molecular weight excluding hydrogens is 348 g/mol. The van der Waals surface area contributed by atoms with Gasteiger partial charge in [0.25, 0.3) is 5.91 Å². The van der Waals surface area contributed by atoms with Crippen LogP contribution in [-0.4, -0.2) is 24.3 Å². The number of rotatable bonds is 5. The number of amides is 3. The zero-order valence-corrected chi connectivity index (χ0v) is 13.4. The molecule has 0 bridgehead atoms. The number of carbonyl (C=O) groups excluding carboxylic acids is 3. The monoisotopic (exact) mass is 363 g/mol. The third kappa shape index (κ3) is 5.86. The maximum atomic E-state index is 12.0. The molecule has 0 saturated heterocycles. The molecule has 26 heavy (non-hydrogen) atoms. The predicted molar refractivity (Wildman–Crippen MR) is 88.3 cm³/mol. The lowest BCUT2D eigenvalue weighted by Gasteiger charge is -2.08. The maximum Gasteiger partial charge on any atom is 0.411 e. The van der Waals surface area contributed by atoms with Gasteiger partial charge in [0.05, 0.1) is 0 Å². The van der Waals surface area contributed by atoms with Crippen molar-refractivity contribution in [2.45, 2.75) is 13.0 Å². The Morgan fingerprint density at radius 3 is 2.19 bits per heavy atom. The molecule has 7 nitrogen and oxygen atoms in total. The minimum absolute atomic E-state index is 0.0251. The minimum Gasteiger partial charge on any atom is -0.444 e. The number of hydrogen-bond donors (Lipinski definition) is 3. The lowest BCUT2D eigenvalue weighted by Crippen LogP contribution is -2.44. The highest BCUT2D eigenvalue weighted by Gasteiger charge is 2.16. The van der Waals surface area contributed by atoms with Crippen LogP contribution in [0.3, 0.4) is 0 Å². The maximum absolute atomic E-state index is 12.0. The molecule has 0 aromatic heterocycles. The molecule has 2 aromatic carbocycles. The van der Waals surface area contributed by atoms with Crippen LogP contribution in [0.15, 0.2) is 54.6 Å². The summed E-state index contributed by atoms with van der Waals surface area (Å²) in [7, 11) is 0. The topological polar surface area (TPSA) is 96.5 Å². The molecule has 0 heterocycles. The van der Waals surface area contributed by atoms with E-state index in [4.69, 9.17) is 4.74 Å². The highest BCUT2D eigenvalue weighted by atomic mass is 19.3. The van der Waals surface area contributed by atoms with Gasteiger partial charge >= 0.3 is 18.4 Å². The molecule has 2 rings (SSSR count). The van der Waals surface area contributed by atoms with Crippen LogP contribution in [0.25, 0.3) is 0 Å². The number of nitrogens with one attached hydrogen (secondary N) is 3. The van der Waals surface area contributed by atoms with Gasteiger partial charge in [-0.15, -0.1) is 0 Å². The fourth-order valence-corrected chi connectivity index (χ4v) is 1.82. The number of hydrazine groups is 1. The summed E-state index contributed by atoms with van der Waals surface area (Å²) in [5.74, 6) is -2.36. The van der Waals surface area contributed by atoms with E-state index in [1.165, 1.54) is 24.3 Å². The number of hydrogen-bond acceptors (Lipinski definition) is 4. The average Bonchev–Trinajstić information content (AvgIpc) is 2.65. The molecular formula is C17H15F2N3O4. The molecule has 3 amide bonds. The molecule has 3 N–H and O–H groups in total. The third-order valence-electron chi connectivity index (χ3n) is 3.10. The molecule has 0 fully saturated rings. The van der Waals surface area contributed by atoms with Crippen molar-refractivity contribution >= 4 is 23.6 Å². The molecule has 0 atom stereocenters. The van der Waals surface area contributed by atoms with Gasteiger partial charge in [-0.2, -0.15) is 8.78 Å². The number of ether oxygens (including phenoxy) is 1. The van der Waals surface area contributed by atoms with Crippen LogP contribution >= 0.6 is 0 Å². The second kappa shape index (κ2) is 9.11. The molecule has 0 aliphatic rings. The van der Waals surface area contributed by atoms with Gasteiger partial charge < -0.3 is 4.74 Å². The molecule has 0 spiro atoms. The summed E-state index contributed by atoms with van der Waals surface area (Å²) < 4.78 is 29.1. The Hall–Kier alpha value is -3.49. The van der Waals surface area contributed by atoms with Crippen LogP contribution in [0, 0.1) is 0 Å². The zero-order valence-electron chi connectivity index (χ0n) is 13.4. The number of halogens is 2. The van der Waals surface area contributed by atoms with Gasteiger partial charge in [-0.3, -0.25) is 25.8 Å². The summed E-state index contributed by atoms with van der Waals surface area (Å²) in [5.41, 5.74) is 4.80. The summed E-state index contributed by atoms with van der Waals surface area (Å²) in [4.78, 5) is 34.0. The smallest absolute Gasteiger partial charge is 0.411 e. The molecule has 0 radical (unpaired) electrons. The summed E-state index contributed by atoms with van der Waals surface area (Å²) >= 11 is 0. The van der Waals surface area contributed by atoms with Crippen molar-refractivity contribution in [2.24, 2.45) is 0 Å². The van der Waals surface area contributed by atoms with Gasteiger partial charge in [0.2, 0.25) is 0 Å². The SMILES string of the molecule is O=C(Nc1ccccc1)OCc1ccc(C(=O)NNC(=O)C(F)F)cc1. The van der Waals surface area contributed by atoms with Gasteiger partial charge in [-0.25, -0.2) is 4.79 Å². The van der Waals surface area contributed by atoms with E-state index >= 15 is 0 Å². The van der Waals surface area contributed by atoms with Crippen LogP contribution in [0.2, 0.25) is 0 Å². The van der Waals surface area contributed by atoms with E-state index in [0.29, 0.717) is 11.3 Å². The predicted octanol–water partition coefficient (Wildman–Crippen LogP) is 2.46. The molecule has 2 aromatic rings. The number of benzene rings is 2. The van der Waals surface area contributed by atoms with Crippen molar-refractivity contribution in [1.29, 1.82) is 0 Å². The second-order valence-electron chi connectivity index (χ2n) is 5.01. The largest absolute Gasteiger partial charge is 0.444 e. The first kappa shape index (κ1) is 18.8. The second-order valence-corrected chi connectivity index (χ2v) is 5.01. The Bertz CT molecular complexity index is 767. The van der Waals surface area contributed by atoms with Crippen molar-refractivity contribution < 1.29 is 27.9 Å². The fraction of sp³-hybridized carbons (Fsp3) is 0.118. The first-order chi connectivity index (χ1) is 12.5. The van der Waals surface area contributed by atoms with Crippen LogP contribution in [0.5, 0.6) is 0 Å². The Morgan fingerprint density at radius 1 is 0.923 bits per heavy atom. The number of alkyl halides is 2. The Kier molecular flexibility index (Phi) is 6.60. The lowest BCUT2D eigenvalue weighted by atomic mass is 10.1. The molecule has 136 valence electrons. The van der Waals surface area contributed by atoms with E-state index in [0.717, 1.165) is 0 Å². The van der Waals surface area contributed by atoms with Crippen LogP contribution in [0.1, 0.15) is 15.9 Å². The summed E-state index contributed by atoms with van der Waals surface area (Å²) in [6.45, 7) is -0.0251. The Labute approximate surface area is 147 Å². The van der Waals surface area contributed by atoms with Crippen LogP contribution in [-0.2, 0) is 16.1 Å². The third-order valence-corrected chi connectivity index (χ3v) is 3.10. The molecule has 0 unspecified atom stereocenters. The van der Waals surface area contributed by atoms with Crippen molar-refractivity contribution in [3.8, 4) is 0 Å². The van der Waals surface area contributed by atoms with Crippen molar-refractivity contribution in [1.82, 2.24) is 10.9 Å². The molecule has 9 heteroatoms. The molecule has 0 aliphatic carbocycles. The summed E-state index contributed by atoms with van der Waals surface area (Å²) in [5, 5.41) is 2.55. The Balaban J connectivity index is 1.80. The number of carbonyl (C=O) groups is 3. The molecule has 0 aliphatic heterocycles. The first-order valence-electron chi connectivity index (χ1n) is 7.42. The van der Waals surface area contributed by atoms with Crippen LogP contribution < -0.4 is 16.2 Å². The first-order valence-corrected chi connectivity index (χ1v) is 7.42. The lowest BCUT2D eigenvalue weighted by molar-refractivity contribution is -0.132. The van der Waals surface area contributed by atoms with Crippen molar-refractivity contribution in [2.75, 3.05) is 5.32 Å². The van der Waals surface area contributed by atoms with E-state index < -0.39 is 24.3 Å². The Morgan fingerprint density at radius 2 is 1.58 bits per heavy atom. The normalized spacial score (nSPS) is 10.1. The quantitative estimate of drug-likeness (QED) is 0.711. The van der Waals surface area contributed by atoms with Crippen molar-refractivity contribution in [3.63, 3.8) is 0 Å². The van der Waals surface area contributed by atoms with Gasteiger partial charge in [0.15, 0.2) is 0 Å². The van der Waals surface area contributed by atoms with E-state index in [2.05, 4.69) is 5.32 Å². The van der Waals surface area contributed by atoms with Gasteiger partial charge in [-0.05, 0) is 29.8 Å². The van der Waals surface area contributed by atoms with E-state index in [9.17, 15) is 23.2 Å². The van der Waals surface area contributed by atoms with Crippen LogP contribution in [0.4, 0.5) is 19.3 Å². The standard InChI is InChI=1S/C17H15F2N3O4/c18-14(19)16(24)22-21-15(23)12-8-6-11(7-9-12)10-26-17(25)20-13-4-2-1-3-5-13/h1-9,14H,10H2,(H,20,25)(H,21,23)(H,22,24). The zero-order chi connectivity index (χ0) is 18.9. The van der Waals surface area contributed by atoms with E-state index in [1.54, 1.807) is 29.7 Å². The van der Waals surface area contributed by atoms with Crippen molar-refractivity contribution in [3.05, 3.63) is 65.7 Å². The van der Waals surface area contributed by atoms with Gasteiger partial charge in [0.1, 0.15) is 6.61 Å². The highest BCUT2D eigenvalue weighted by Crippen LogP contribution is 2.08. The minimum atomic E-state index is -3.23. The van der Waals surface area contributed by atoms with E-state index in [-0.39, 0.29) is 12.2 Å². The molecule has 0 saturated carbocycles. The number of para-hydroxylation sites is 1. The average molecular weight is 363 g/mol. The van der Waals surface area contributed by atoms with Gasteiger partial charge in [0, 0.05) is 11.3 Å². The van der Waals surface area contributed by atoms with E-state index in [1.807, 2.05) is 11.5 Å².